The smallest absolute Gasteiger partial charge is 0.222 e. The van der Waals surface area contributed by atoms with Crippen molar-refractivity contribution in [3.8, 4) is 0 Å². The minimum absolute atomic E-state index is 0. The lowest BCUT2D eigenvalue weighted by Gasteiger charge is -2.32. The van der Waals surface area contributed by atoms with E-state index in [4.69, 9.17) is 23.2 Å². The molecule has 0 unspecified atom stereocenters. The third kappa shape index (κ3) is 6.06. The topological polar surface area (TPSA) is 32.3 Å². The van der Waals surface area contributed by atoms with Gasteiger partial charge in [-0.25, -0.2) is 0 Å². The number of likely N-dealkylation sites (tertiary alicyclic amines) is 1. The maximum absolute atomic E-state index is 12.3. The van der Waals surface area contributed by atoms with Gasteiger partial charge in [-0.15, -0.1) is 23.7 Å². The Morgan fingerprint density at radius 1 is 1.25 bits per heavy atom. The van der Waals surface area contributed by atoms with Gasteiger partial charge in [-0.2, -0.15) is 0 Å². The van der Waals surface area contributed by atoms with Crippen LogP contribution in [-0.2, 0) is 11.2 Å². The number of aryl methyl sites for hydroxylation is 1. The molecule has 3 rings (SSSR count). The summed E-state index contributed by atoms with van der Waals surface area (Å²) in [6.45, 7) is 2.96. The predicted molar refractivity (Wildman–Crippen MR) is 105 cm³/mol. The van der Waals surface area contributed by atoms with Crippen LogP contribution in [0.15, 0.2) is 6.07 Å². The highest BCUT2D eigenvalue weighted by atomic mass is 35.5. The summed E-state index contributed by atoms with van der Waals surface area (Å²) in [5.74, 6) is 1.20. The molecule has 0 radical (unpaired) electrons. The molecule has 7 heteroatoms. The van der Waals surface area contributed by atoms with Crippen molar-refractivity contribution >= 4 is 52.9 Å². The predicted octanol–water partition coefficient (Wildman–Crippen LogP) is 4.79. The van der Waals surface area contributed by atoms with Crippen molar-refractivity contribution in [3.05, 3.63) is 20.3 Å². The van der Waals surface area contributed by atoms with E-state index >= 15 is 0 Å². The van der Waals surface area contributed by atoms with Crippen LogP contribution in [0.5, 0.6) is 0 Å². The van der Waals surface area contributed by atoms with E-state index in [0.717, 1.165) is 58.9 Å². The first-order valence-electron chi connectivity index (χ1n) is 8.56. The van der Waals surface area contributed by atoms with Crippen molar-refractivity contribution in [1.29, 1.82) is 0 Å². The molecule has 2 fully saturated rings. The zero-order chi connectivity index (χ0) is 16.2. The standard InChI is InChI=1S/C17H24Cl2N2OS.ClH/c18-15-10-13(17(19)23-15)2-1-3-16(22)21-8-6-14(7-9-21)20-11-12-4-5-12;/h10,12,14,20H,1-9,11H2;1H. The third-order valence-corrected chi connectivity index (χ3v) is 6.37. The summed E-state index contributed by atoms with van der Waals surface area (Å²) in [5.41, 5.74) is 1.07. The van der Waals surface area contributed by atoms with E-state index < -0.39 is 0 Å². The molecule has 24 heavy (non-hydrogen) atoms. The second-order valence-electron chi connectivity index (χ2n) is 6.71. The zero-order valence-corrected chi connectivity index (χ0v) is 16.9. The SMILES string of the molecule is Cl.O=C(CCCc1cc(Cl)sc1Cl)N1CCC(NCC2CC2)CC1. The minimum Gasteiger partial charge on any atom is -0.343 e. The maximum Gasteiger partial charge on any atom is 0.222 e. The van der Waals surface area contributed by atoms with Crippen molar-refractivity contribution in [3.63, 3.8) is 0 Å². The molecule has 3 nitrogen and oxygen atoms in total. The number of hydrogen-bond donors (Lipinski definition) is 1. The highest BCUT2D eigenvalue weighted by Gasteiger charge is 2.25. The fourth-order valence-electron chi connectivity index (χ4n) is 3.12. The van der Waals surface area contributed by atoms with Crippen LogP contribution in [0.3, 0.4) is 0 Å². The van der Waals surface area contributed by atoms with Crippen LogP contribution in [0, 0.1) is 5.92 Å². The van der Waals surface area contributed by atoms with Crippen LogP contribution in [0.2, 0.25) is 8.67 Å². The molecule has 0 bridgehead atoms. The van der Waals surface area contributed by atoms with Crippen LogP contribution in [-0.4, -0.2) is 36.5 Å². The van der Waals surface area contributed by atoms with Crippen molar-refractivity contribution < 1.29 is 4.79 Å². The molecule has 2 heterocycles. The quantitative estimate of drug-likeness (QED) is 0.699. The number of nitrogens with zero attached hydrogens (tertiary/aromatic N) is 1. The number of halogens is 3. The number of carbonyl (C=O) groups excluding carboxylic acids is 1. The number of nitrogens with one attached hydrogen (secondary N) is 1. The number of piperidine rings is 1. The lowest BCUT2D eigenvalue weighted by Crippen LogP contribution is -2.45. The number of rotatable bonds is 7. The second kappa shape index (κ2) is 9.63. The molecule has 1 saturated carbocycles. The van der Waals surface area contributed by atoms with Gasteiger partial charge in [-0.1, -0.05) is 23.2 Å². The Labute approximate surface area is 164 Å². The molecule has 0 atom stereocenters. The molecule has 1 saturated heterocycles. The first-order chi connectivity index (χ1) is 11.1. The molecule has 0 aromatic carbocycles. The average Bonchev–Trinajstić information content (AvgIpc) is 3.31. The van der Waals surface area contributed by atoms with Gasteiger partial charge in [-0.05, 0) is 62.6 Å². The average molecular weight is 412 g/mol. The van der Waals surface area contributed by atoms with E-state index in [1.165, 1.54) is 30.7 Å². The van der Waals surface area contributed by atoms with Crippen molar-refractivity contribution in [2.24, 2.45) is 5.92 Å². The number of amides is 1. The van der Waals surface area contributed by atoms with Gasteiger partial charge in [0.1, 0.15) is 0 Å². The van der Waals surface area contributed by atoms with Crippen LogP contribution in [0.1, 0.15) is 44.1 Å². The number of thiophene rings is 1. The van der Waals surface area contributed by atoms with E-state index in [9.17, 15) is 4.79 Å². The summed E-state index contributed by atoms with van der Waals surface area (Å²) < 4.78 is 1.47. The monoisotopic (exact) mass is 410 g/mol. The summed E-state index contributed by atoms with van der Waals surface area (Å²) in [4.78, 5) is 14.3. The third-order valence-electron chi connectivity index (χ3n) is 4.80. The number of carbonyl (C=O) groups is 1. The molecule has 1 aromatic heterocycles. The summed E-state index contributed by atoms with van der Waals surface area (Å²) in [6, 6.07) is 2.52. The Morgan fingerprint density at radius 3 is 2.54 bits per heavy atom. The Morgan fingerprint density at radius 2 is 1.96 bits per heavy atom. The minimum atomic E-state index is 0. The normalized spacial score (nSPS) is 18.5. The van der Waals surface area contributed by atoms with Gasteiger partial charge in [0.25, 0.3) is 0 Å². The molecule has 136 valence electrons. The molecule has 0 spiro atoms. The Balaban J connectivity index is 0.00000208. The number of hydrogen-bond acceptors (Lipinski definition) is 3. The summed E-state index contributed by atoms with van der Waals surface area (Å²) >= 11 is 13.5. The summed E-state index contributed by atoms with van der Waals surface area (Å²) in [5, 5.41) is 3.65. The van der Waals surface area contributed by atoms with Gasteiger partial charge in [0.15, 0.2) is 0 Å². The van der Waals surface area contributed by atoms with Crippen LogP contribution in [0.25, 0.3) is 0 Å². The maximum atomic E-state index is 12.3. The highest BCUT2D eigenvalue weighted by Crippen LogP contribution is 2.32. The summed E-state index contributed by atoms with van der Waals surface area (Å²) in [7, 11) is 0. The molecular weight excluding hydrogens is 387 g/mol. The second-order valence-corrected chi connectivity index (χ2v) is 9.00. The molecule has 1 aromatic rings. The van der Waals surface area contributed by atoms with E-state index in [0.29, 0.717) is 12.5 Å². The van der Waals surface area contributed by atoms with E-state index in [-0.39, 0.29) is 18.3 Å². The van der Waals surface area contributed by atoms with Gasteiger partial charge in [0.05, 0.1) is 8.67 Å². The lowest BCUT2D eigenvalue weighted by molar-refractivity contribution is -0.132. The molecule has 1 amide bonds. The van der Waals surface area contributed by atoms with E-state index in [2.05, 4.69) is 5.32 Å². The van der Waals surface area contributed by atoms with Gasteiger partial charge >= 0.3 is 0 Å². The van der Waals surface area contributed by atoms with Gasteiger partial charge in [-0.3, -0.25) is 4.79 Å². The van der Waals surface area contributed by atoms with Crippen LogP contribution in [0.4, 0.5) is 0 Å². The van der Waals surface area contributed by atoms with Gasteiger partial charge < -0.3 is 10.2 Å². The Kier molecular flexibility index (Phi) is 8.15. The highest BCUT2D eigenvalue weighted by molar-refractivity contribution is 7.20. The largest absolute Gasteiger partial charge is 0.343 e. The molecule has 1 aliphatic carbocycles. The molecule has 1 aliphatic heterocycles. The van der Waals surface area contributed by atoms with Crippen molar-refractivity contribution in [1.82, 2.24) is 10.2 Å². The molecule has 1 N–H and O–H groups in total. The van der Waals surface area contributed by atoms with Crippen molar-refractivity contribution in [2.45, 2.75) is 51.0 Å². The molecular formula is C17H25Cl3N2OS. The van der Waals surface area contributed by atoms with Crippen LogP contribution < -0.4 is 5.32 Å². The summed E-state index contributed by atoms with van der Waals surface area (Å²) in [6.07, 6.45) is 7.23. The fourth-order valence-corrected chi connectivity index (χ4v) is 4.67. The van der Waals surface area contributed by atoms with Crippen LogP contribution >= 0.6 is 46.9 Å². The first-order valence-corrected chi connectivity index (χ1v) is 10.1. The van der Waals surface area contributed by atoms with E-state index in [1.807, 2.05) is 11.0 Å². The van der Waals surface area contributed by atoms with Gasteiger partial charge in [0.2, 0.25) is 5.91 Å². The first kappa shape index (κ1) is 20.3. The fraction of sp³-hybridized carbons (Fsp3) is 0.706. The lowest BCUT2D eigenvalue weighted by atomic mass is 10.0. The Hall–Kier alpha value is -0.000000000000000104. The van der Waals surface area contributed by atoms with E-state index in [1.54, 1.807) is 0 Å². The van der Waals surface area contributed by atoms with Gasteiger partial charge in [0, 0.05) is 25.6 Å². The molecule has 2 aliphatic rings. The van der Waals surface area contributed by atoms with Crippen molar-refractivity contribution in [2.75, 3.05) is 19.6 Å². The Bertz CT molecular complexity index is 540. The zero-order valence-electron chi connectivity index (χ0n) is 13.7.